The second-order valence-electron chi connectivity index (χ2n) is 3.09. The van der Waals surface area contributed by atoms with Gasteiger partial charge in [-0.05, 0) is 6.92 Å². The fourth-order valence-electron chi connectivity index (χ4n) is 1.25. The van der Waals surface area contributed by atoms with E-state index in [1.807, 2.05) is 6.07 Å². The summed E-state index contributed by atoms with van der Waals surface area (Å²) in [5, 5.41) is 17.2. The summed E-state index contributed by atoms with van der Waals surface area (Å²) in [6.07, 6.45) is 1.61. The number of allylic oxidation sites excluding steroid dienone is 2. The number of aliphatic carboxylic acids is 1. The van der Waals surface area contributed by atoms with E-state index in [1.54, 1.807) is 13.0 Å². The maximum absolute atomic E-state index is 10.6. The minimum atomic E-state index is -0.919. The van der Waals surface area contributed by atoms with Crippen molar-refractivity contribution in [3.8, 4) is 6.07 Å². The van der Waals surface area contributed by atoms with Crippen LogP contribution in [0.5, 0.6) is 0 Å². The van der Waals surface area contributed by atoms with Gasteiger partial charge in [-0.15, -0.1) is 0 Å². The Labute approximate surface area is 87.3 Å². The van der Waals surface area contributed by atoms with Crippen molar-refractivity contribution in [2.45, 2.75) is 11.0 Å². The molecule has 5 heteroatoms. The van der Waals surface area contributed by atoms with Crippen molar-refractivity contribution in [3.05, 3.63) is 11.6 Å². The van der Waals surface area contributed by atoms with Crippen LogP contribution in [0.3, 0.4) is 0 Å². The maximum Gasteiger partial charge on any atom is 0.309 e. The normalized spacial score (nSPS) is 30.8. The predicted molar refractivity (Wildman–Crippen MR) is 54.7 cm³/mol. The molecule has 2 atom stereocenters. The van der Waals surface area contributed by atoms with Gasteiger partial charge in [0, 0.05) is 11.5 Å². The average molecular weight is 215 g/mol. The van der Waals surface area contributed by atoms with Crippen LogP contribution in [0.1, 0.15) is 6.92 Å². The highest BCUT2D eigenvalue weighted by atomic mass is 32.2. The molecule has 1 rings (SSSR count). The number of thiol groups is 2. The van der Waals surface area contributed by atoms with E-state index < -0.39 is 16.0 Å². The van der Waals surface area contributed by atoms with E-state index in [1.165, 1.54) is 0 Å². The monoisotopic (exact) mass is 215 g/mol. The molecule has 1 saturated carbocycles. The van der Waals surface area contributed by atoms with Gasteiger partial charge in [0.2, 0.25) is 0 Å². The molecule has 0 aromatic heterocycles. The topological polar surface area (TPSA) is 61.1 Å². The molecule has 0 radical (unpaired) electrons. The lowest BCUT2D eigenvalue weighted by Gasteiger charge is -1.94. The Morgan fingerprint density at radius 1 is 1.69 bits per heavy atom. The van der Waals surface area contributed by atoms with E-state index in [-0.39, 0.29) is 5.92 Å². The molecule has 13 heavy (non-hydrogen) atoms. The first-order valence-corrected chi connectivity index (χ1v) is 4.56. The minimum Gasteiger partial charge on any atom is -0.481 e. The molecule has 0 aliphatic heterocycles. The number of carboxylic acid groups (broad SMARTS) is 1. The van der Waals surface area contributed by atoms with E-state index in [9.17, 15) is 4.79 Å². The Balaban J connectivity index is 2.79. The molecular formula is C8H9NO2S2. The molecule has 0 aromatic carbocycles. The molecule has 1 aliphatic carbocycles. The molecular weight excluding hydrogens is 206 g/mol. The highest BCUT2D eigenvalue weighted by Crippen LogP contribution is 2.59. The van der Waals surface area contributed by atoms with Crippen LogP contribution < -0.4 is 0 Å². The third kappa shape index (κ3) is 1.84. The van der Waals surface area contributed by atoms with E-state index in [4.69, 9.17) is 10.4 Å². The third-order valence-corrected chi connectivity index (χ3v) is 3.22. The van der Waals surface area contributed by atoms with Crippen molar-refractivity contribution < 1.29 is 9.90 Å². The molecule has 1 N–H and O–H groups in total. The fraction of sp³-hybridized carbons (Fsp3) is 0.500. The van der Waals surface area contributed by atoms with Crippen LogP contribution in [0.2, 0.25) is 0 Å². The summed E-state index contributed by atoms with van der Waals surface area (Å²) in [6.45, 7) is 1.63. The van der Waals surface area contributed by atoms with Gasteiger partial charge < -0.3 is 5.11 Å². The van der Waals surface area contributed by atoms with E-state index in [2.05, 4.69) is 25.3 Å². The van der Waals surface area contributed by atoms with E-state index >= 15 is 0 Å². The molecule has 0 aromatic rings. The molecule has 0 saturated heterocycles. The molecule has 3 nitrogen and oxygen atoms in total. The highest BCUT2D eigenvalue weighted by Gasteiger charge is 2.63. The van der Waals surface area contributed by atoms with Gasteiger partial charge >= 0.3 is 5.97 Å². The lowest BCUT2D eigenvalue weighted by molar-refractivity contribution is -0.138. The SMILES string of the molecule is CC(C#N)=CC1C(C(=O)O)C1(S)S. The zero-order valence-corrected chi connectivity index (χ0v) is 8.72. The Kier molecular flexibility index (Phi) is 2.64. The fourth-order valence-corrected chi connectivity index (χ4v) is 2.09. The van der Waals surface area contributed by atoms with Gasteiger partial charge in [-0.2, -0.15) is 30.5 Å². The Hall–Kier alpha value is -0.600. The molecule has 70 valence electrons. The second-order valence-corrected chi connectivity index (χ2v) is 4.92. The van der Waals surface area contributed by atoms with Crippen molar-refractivity contribution >= 4 is 31.2 Å². The van der Waals surface area contributed by atoms with Crippen molar-refractivity contribution in [2.75, 3.05) is 0 Å². The lowest BCUT2D eigenvalue weighted by atomic mass is 10.2. The first kappa shape index (κ1) is 10.5. The number of hydrogen-bond donors (Lipinski definition) is 3. The Bertz CT molecular complexity index is 317. The first-order valence-electron chi connectivity index (χ1n) is 3.67. The number of carboxylic acids is 1. The zero-order valence-electron chi connectivity index (χ0n) is 6.93. The molecule has 0 heterocycles. The van der Waals surface area contributed by atoms with Crippen molar-refractivity contribution in [1.29, 1.82) is 5.26 Å². The molecule has 2 unspecified atom stereocenters. The van der Waals surface area contributed by atoms with E-state index in [0.29, 0.717) is 5.57 Å². The summed E-state index contributed by atoms with van der Waals surface area (Å²) >= 11 is 8.21. The molecule has 0 bridgehead atoms. The van der Waals surface area contributed by atoms with Crippen LogP contribution >= 0.6 is 25.3 Å². The van der Waals surface area contributed by atoms with Crippen molar-refractivity contribution in [1.82, 2.24) is 0 Å². The molecule has 1 fully saturated rings. The second kappa shape index (κ2) is 3.28. The number of nitrogens with zero attached hydrogens (tertiary/aromatic N) is 1. The van der Waals surface area contributed by atoms with Gasteiger partial charge in [-0.3, -0.25) is 4.79 Å². The summed E-state index contributed by atoms with van der Waals surface area (Å²) in [6, 6.07) is 1.93. The van der Waals surface area contributed by atoms with Crippen LogP contribution in [-0.4, -0.2) is 15.2 Å². The van der Waals surface area contributed by atoms with Gasteiger partial charge in [-0.25, -0.2) is 0 Å². The number of carbonyl (C=O) groups is 1. The number of nitriles is 1. The van der Waals surface area contributed by atoms with Gasteiger partial charge in [-0.1, -0.05) is 6.08 Å². The van der Waals surface area contributed by atoms with Gasteiger partial charge in [0.15, 0.2) is 0 Å². The van der Waals surface area contributed by atoms with Crippen LogP contribution in [-0.2, 0) is 4.79 Å². The summed E-state index contributed by atoms with van der Waals surface area (Å²) in [5.41, 5.74) is 0.501. The summed E-state index contributed by atoms with van der Waals surface area (Å²) in [7, 11) is 0. The third-order valence-electron chi connectivity index (χ3n) is 2.07. The smallest absolute Gasteiger partial charge is 0.309 e. The quantitative estimate of drug-likeness (QED) is 0.370. The van der Waals surface area contributed by atoms with Crippen molar-refractivity contribution in [3.63, 3.8) is 0 Å². The molecule has 0 spiro atoms. The molecule has 0 amide bonds. The largest absolute Gasteiger partial charge is 0.481 e. The molecule has 1 aliphatic rings. The maximum atomic E-state index is 10.6. The van der Waals surface area contributed by atoms with Crippen molar-refractivity contribution in [2.24, 2.45) is 11.8 Å². The lowest BCUT2D eigenvalue weighted by Crippen LogP contribution is -2.03. The van der Waals surface area contributed by atoms with Gasteiger partial charge in [0.25, 0.3) is 0 Å². The minimum absolute atomic E-state index is 0.253. The summed E-state index contributed by atoms with van der Waals surface area (Å²) in [4.78, 5) is 10.6. The van der Waals surface area contributed by atoms with Crippen LogP contribution in [0.15, 0.2) is 11.6 Å². The van der Waals surface area contributed by atoms with Crippen LogP contribution in [0, 0.1) is 23.2 Å². The van der Waals surface area contributed by atoms with Crippen LogP contribution in [0.25, 0.3) is 0 Å². The van der Waals surface area contributed by atoms with Gasteiger partial charge in [0.1, 0.15) is 0 Å². The highest BCUT2D eigenvalue weighted by molar-refractivity contribution is 8.01. The average Bonchev–Trinajstić information content (AvgIpc) is 2.53. The summed E-state index contributed by atoms with van der Waals surface area (Å²) < 4.78 is -0.802. The summed E-state index contributed by atoms with van der Waals surface area (Å²) in [5.74, 6) is -1.77. The van der Waals surface area contributed by atoms with E-state index in [0.717, 1.165) is 0 Å². The Morgan fingerprint density at radius 3 is 2.54 bits per heavy atom. The first-order chi connectivity index (χ1) is 5.91. The number of rotatable bonds is 2. The zero-order chi connectivity index (χ0) is 10.2. The Morgan fingerprint density at radius 2 is 2.23 bits per heavy atom. The van der Waals surface area contributed by atoms with Crippen LogP contribution in [0.4, 0.5) is 0 Å². The predicted octanol–water partition coefficient (Wildman–Crippen LogP) is 1.34. The standard InChI is InChI=1S/C8H9NO2S2/c1-4(3-9)2-5-6(7(10)11)8(5,12)13/h2,5-6,12-13H,1H3,(H,10,11). The van der Waals surface area contributed by atoms with Gasteiger partial charge in [0.05, 0.1) is 16.1 Å². The number of hydrogen-bond acceptors (Lipinski definition) is 4.